The topological polar surface area (TPSA) is 51.7 Å². The molecule has 0 bridgehead atoms. The molecule has 0 radical (unpaired) electrons. The number of pyridine rings is 1. The molecule has 1 saturated heterocycles. The molecule has 1 aromatic carbocycles. The van der Waals surface area contributed by atoms with Crippen LogP contribution in [-0.4, -0.2) is 48.2 Å². The summed E-state index contributed by atoms with van der Waals surface area (Å²) in [5.74, 6) is 0.760. The van der Waals surface area contributed by atoms with Crippen molar-refractivity contribution in [3.63, 3.8) is 0 Å². The van der Waals surface area contributed by atoms with Crippen molar-refractivity contribution in [2.45, 2.75) is 13.0 Å². The van der Waals surface area contributed by atoms with Crippen LogP contribution in [0.4, 0.5) is 0 Å². The number of aryl methyl sites for hydroxylation is 1. The van der Waals surface area contributed by atoms with Gasteiger partial charge in [0.15, 0.2) is 0 Å². The SMILES string of the molecule is Cc1ccc(OCC2CN(C(=O)c3ccccc3I)CCO2)cn1. The lowest BCUT2D eigenvalue weighted by atomic mass is 10.2. The Hall–Kier alpha value is -1.67. The summed E-state index contributed by atoms with van der Waals surface area (Å²) in [6.45, 7) is 3.99. The molecule has 24 heavy (non-hydrogen) atoms. The van der Waals surface area contributed by atoms with Crippen LogP contribution in [0.5, 0.6) is 5.75 Å². The first-order valence-corrected chi connectivity index (χ1v) is 8.92. The smallest absolute Gasteiger partial charge is 0.255 e. The van der Waals surface area contributed by atoms with Crippen LogP contribution < -0.4 is 4.74 Å². The predicted octanol–water partition coefficient (Wildman–Crippen LogP) is 2.91. The van der Waals surface area contributed by atoms with Crippen LogP contribution in [-0.2, 0) is 4.74 Å². The molecule has 6 heteroatoms. The number of amides is 1. The van der Waals surface area contributed by atoms with Crippen molar-refractivity contribution in [2.24, 2.45) is 0 Å². The molecule has 1 unspecified atom stereocenters. The summed E-state index contributed by atoms with van der Waals surface area (Å²) in [5, 5.41) is 0. The molecule has 126 valence electrons. The third-order valence-electron chi connectivity index (χ3n) is 3.85. The number of aromatic nitrogens is 1. The van der Waals surface area contributed by atoms with Gasteiger partial charge in [0.2, 0.25) is 0 Å². The van der Waals surface area contributed by atoms with E-state index in [0.29, 0.717) is 32.1 Å². The Morgan fingerprint density at radius 2 is 2.21 bits per heavy atom. The Bertz CT molecular complexity index is 706. The quantitative estimate of drug-likeness (QED) is 0.690. The van der Waals surface area contributed by atoms with Crippen LogP contribution in [0.2, 0.25) is 0 Å². The van der Waals surface area contributed by atoms with Crippen molar-refractivity contribution in [3.05, 3.63) is 57.4 Å². The molecule has 0 N–H and O–H groups in total. The minimum Gasteiger partial charge on any atom is -0.489 e. The van der Waals surface area contributed by atoms with Crippen LogP contribution in [0.3, 0.4) is 0 Å². The average Bonchev–Trinajstić information content (AvgIpc) is 2.61. The van der Waals surface area contributed by atoms with Crippen LogP contribution >= 0.6 is 22.6 Å². The summed E-state index contributed by atoms with van der Waals surface area (Å²) in [6.07, 6.45) is 1.57. The number of nitrogens with zero attached hydrogens (tertiary/aromatic N) is 2. The maximum Gasteiger partial charge on any atom is 0.255 e. The normalized spacial score (nSPS) is 17.6. The lowest BCUT2D eigenvalue weighted by Crippen LogP contribution is -2.47. The second-order valence-electron chi connectivity index (χ2n) is 5.67. The van der Waals surface area contributed by atoms with Crippen LogP contribution in [0.25, 0.3) is 0 Å². The third-order valence-corrected chi connectivity index (χ3v) is 4.79. The first-order chi connectivity index (χ1) is 11.6. The van der Waals surface area contributed by atoms with E-state index in [0.717, 1.165) is 14.8 Å². The van der Waals surface area contributed by atoms with Crippen molar-refractivity contribution >= 4 is 28.5 Å². The molecular weight excluding hydrogens is 419 g/mol. The number of halogens is 1. The summed E-state index contributed by atoms with van der Waals surface area (Å²) in [6, 6.07) is 11.4. The number of ether oxygens (including phenoxy) is 2. The standard InChI is InChI=1S/C18H19IN2O3/c1-13-6-7-14(10-20-13)24-12-15-11-21(8-9-23-15)18(22)16-4-2-3-5-17(16)19/h2-7,10,15H,8-9,11-12H2,1H3. The van der Waals surface area contributed by atoms with Crippen molar-refractivity contribution in [1.29, 1.82) is 0 Å². The summed E-state index contributed by atoms with van der Waals surface area (Å²) < 4.78 is 12.4. The fourth-order valence-electron chi connectivity index (χ4n) is 2.54. The van der Waals surface area contributed by atoms with Gasteiger partial charge in [-0.3, -0.25) is 9.78 Å². The fraction of sp³-hybridized carbons (Fsp3) is 0.333. The highest BCUT2D eigenvalue weighted by Crippen LogP contribution is 2.17. The van der Waals surface area contributed by atoms with Crippen LogP contribution in [0.1, 0.15) is 16.1 Å². The van der Waals surface area contributed by atoms with E-state index in [9.17, 15) is 4.79 Å². The first-order valence-electron chi connectivity index (χ1n) is 7.84. The first kappa shape index (κ1) is 17.2. The largest absolute Gasteiger partial charge is 0.489 e. The van der Waals surface area contributed by atoms with Crippen molar-refractivity contribution in [2.75, 3.05) is 26.3 Å². The molecule has 1 aliphatic heterocycles. The zero-order chi connectivity index (χ0) is 16.9. The number of carbonyl (C=O) groups excluding carboxylic acids is 1. The van der Waals surface area contributed by atoms with Gasteiger partial charge < -0.3 is 14.4 Å². The predicted molar refractivity (Wildman–Crippen MR) is 99.3 cm³/mol. The molecule has 1 atom stereocenters. The average molecular weight is 438 g/mol. The van der Waals surface area contributed by atoms with E-state index in [1.807, 2.05) is 48.2 Å². The van der Waals surface area contributed by atoms with E-state index >= 15 is 0 Å². The minimum absolute atomic E-state index is 0.0466. The van der Waals surface area contributed by atoms with Gasteiger partial charge in [-0.1, -0.05) is 12.1 Å². The molecule has 1 amide bonds. The maximum absolute atomic E-state index is 12.7. The summed E-state index contributed by atoms with van der Waals surface area (Å²) in [5.41, 5.74) is 1.69. The molecule has 0 aliphatic carbocycles. The molecule has 1 aliphatic rings. The second kappa shape index (κ2) is 7.94. The Morgan fingerprint density at radius 1 is 1.38 bits per heavy atom. The van der Waals surface area contributed by atoms with Crippen molar-refractivity contribution in [3.8, 4) is 5.75 Å². The Kier molecular flexibility index (Phi) is 5.68. The van der Waals surface area contributed by atoms with Gasteiger partial charge in [0.1, 0.15) is 18.5 Å². The molecule has 1 fully saturated rings. The molecule has 2 aromatic rings. The second-order valence-corrected chi connectivity index (χ2v) is 6.83. The van der Waals surface area contributed by atoms with Gasteiger partial charge in [-0.15, -0.1) is 0 Å². The zero-order valence-electron chi connectivity index (χ0n) is 13.4. The molecule has 0 spiro atoms. The highest BCUT2D eigenvalue weighted by molar-refractivity contribution is 14.1. The summed E-state index contributed by atoms with van der Waals surface area (Å²) >= 11 is 2.19. The van der Waals surface area contributed by atoms with E-state index in [2.05, 4.69) is 27.6 Å². The molecule has 2 heterocycles. The van der Waals surface area contributed by atoms with Crippen molar-refractivity contribution in [1.82, 2.24) is 9.88 Å². The highest BCUT2D eigenvalue weighted by atomic mass is 127. The fourth-order valence-corrected chi connectivity index (χ4v) is 3.16. The van der Waals surface area contributed by atoms with E-state index in [1.54, 1.807) is 6.20 Å². The van der Waals surface area contributed by atoms with Crippen LogP contribution in [0.15, 0.2) is 42.6 Å². The zero-order valence-corrected chi connectivity index (χ0v) is 15.6. The molecule has 1 aromatic heterocycles. The van der Waals surface area contributed by atoms with Gasteiger partial charge in [-0.05, 0) is 53.8 Å². The van der Waals surface area contributed by atoms with Crippen LogP contribution in [0, 0.1) is 10.5 Å². The summed E-state index contributed by atoms with van der Waals surface area (Å²) in [4.78, 5) is 18.7. The minimum atomic E-state index is -0.134. The van der Waals surface area contributed by atoms with Gasteiger partial charge in [-0.2, -0.15) is 0 Å². The number of carbonyl (C=O) groups is 1. The van der Waals surface area contributed by atoms with E-state index in [1.165, 1.54) is 0 Å². The number of hydrogen-bond acceptors (Lipinski definition) is 4. The van der Waals surface area contributed by atoms with Gasteiger partial charge in [-0.25, -0.2) is 0 Å². The molecular formula is C18H19IN2O3. The Labute approximate surface area is 155 Å². The monoisotopic (exact) mass is 438 g/mol. The molecule has 3 rings (SSSR count). The lowest BCUT2D eigenvalue weighted by Gasteiger charge is -2.33. The Morgan fingerprint density at radius 3 is 2.96 bits per heavy atom. The van der Waals surface area contributed by atoms with E-state index < -0.39 is 0 Å². The maximum atomic E-state index is 12.7. The van der Waals surface area contributed by atoms with E-state index in [-0.39, 0.29) is 12.0 Å². The van der Waals surface area contributed by atoms with Gasteiger partial charge in [0.05, 0.1) is 24.9 Å². The molecule has 5 nitrogen and oxygen atoms in total. The Balaban J connectivity index is 1.59. The van der Waals surface area contributed by atoms with Gasteiger partial charge in [0, 0.05) is 15.8 Å². The number of benzene rings is 1. The molecule has 0 saturated carbocycles. The lowest BCUT2D eigenvalue weighted by molar-refractivity contribution is -0.0401. The number of rotatable bonds is 4. The van der Waals surface area contributed by atoms with Gasteiger partial charge >= 0.3 is 0 Å². The van der Waals surface area contributed by atoms with Crippen molar-refractivity contribution < 1.29 is 14.3 Å². The number of morpholine rings is 1. The van der Waals surface area contributed by atoms with E-state index in [4.69, 9.17) is 9.47 Å². The highest BCUT2D eigenvalue weighted by Gasteiger charge is 2.26. The third kappa shape index (κ3) is 4.24. The number of hydrogen-bond donors (Lipinski definition) is 0. The summed E-state index contributed by atoms with van der Waals surface area (Å²) in [7, 11) is 0. The van der Waals surface area contributed by atoms with Gasteiger partial charge in [0.25, 0.3) is 5.91 Å².